The van der Waals surface area contributed by atoms with Gasteiger partial charge in [-0.2, -0.15) is 5.10 Å². The van der Waals surface area contributed by atoms with Gasteiger partial charge in [0.25, 0.3) is 0 Å². The summed E-state index contributed by atoms with van der Waals surface area (Å²) in [5.41, 5.74) is 3.64. The van der Waals surface area contributed by atoms with E-state index >= 15 is 0 Å². The first kappa shape index (κ1) is 19.1. The Balaban J connectivity index is 1.99. The van der Waals surface area contributed by atoms with Crippen LogP contribution in [0, 0.1) is 0 Å². The summed E-state index contributed by atoms with van der Waals surface area (Å²) in [5.74, 6) is 1.20. The van der Waals surface area contributed by atoms with Crippen LogP contribution in [0.3, 0.4) is 0 Å². The van der Waals surface area contributed by atoms with Crippen LogP contribution in [0.4, 0.5) is 0 Å². The average molecular weight is 358 g/mol. The fourth-order valence-electron chi connectivity index (χ4n) is 2.30. The maximum absolute atomic E-state index is 12.0. The fraction of sp³-hybridized carbons (Fsp3) is 0.263. The van der Waals surface area contributed by atoms with Gasteiger partial charge in [0, 0.05) is 5.56 Å². The van der Waals surface area contributed by atoms with Crippen LogP contribution in [0.1, 0.15) is 18.1 Å². The number of ether oxygens (including phenoxy) is 3. The van der Waals surface area contributed by atoms with Gasteiger partial charge in [0.05, 0.1) is 33.5 Å². The molecular weight excluding hydrogens is 336 g/mol. The smallest absolute Gasteiger partial charge is 0.244 e. The Morgan fingerprint density at radius 2 is 1.92 bits per heavy atom. The number of aromatic hydroxyl groups is 1. The van der Waals surface area contributed by atoms with E-state index in [1.165, 1.54) is 13.3 Å². The number of benzene rings is 2. The Bertz CT molecular complexity index is 789. The van der Waals surface area contributed by atoms with Crippen molar-refractivity contribution in [3.05, 3.63) is 47.5 Å². The molecule has 0 heterocycles. The monoisotopic (exact) mass is 358 g/mol. The van der Waals surface area contributed by atoms with Gasteiger partial charge < -0.3 is 19.3 Å². The molecule has 2 aromatic carbocycles. The molecule has 0 bridgehead atoms. The number of hydrazone groups is 1. The summed E-state index contributed by atoms with van der Waals surface area (Å²) in [6.45, 7) is 2.27. The average Bonchev–Trinajstić information content (AvgIpc) is 2.64. The maximum atomic E-state index is 12.0. The molecule has 0 aliphatic heterocycles. The van der Waals surface area contributed by atoms with Crippen molar-refractivity contribution in [2.24, 2.45) is 5.10 Å². The van der Waals surface area contributed by atoms with Crippen LogP contribution in [-0.2, 0) is 11.2 Å². The highest BCUT2D eigenvalue weighted by molar-refractivity contribution is 5.86. The number of phenols is 1. The van der Waals surface area contributed by atoms with Crippen LogP contribution in [0.15, 0.2) is 41.5 Å². The number of carbonyl (C=O) groups is 1. The molecule has 0 unspecified atom stereocenters. The Morgan fingerprint density at radius 1 is 1.15 bits per heavy atom. The summed E-state index contributed by atoms with van der Waals surface area (Å²) in [7, 11) is 3.09. The van der Waals surface area contributed by atoms with Crippen LogP contribution >= 0.6 is 0 Å². The van der Waals surface area contributed by atoms with Gasteiger partial charge >= 0.3 is 0 Å². The second kappa shape index (κ2) is 9.31. The zero-order valence-corrected chi connectivity index (χ0v) is 15.0. The van der Waals surface area contributed by atoms with Crippen LogP contribution in [0.5, 0.6) is 23.0 Å². The molecule has 0 aliphatic carbocycles. The molecule has 0 fully saturated rings. The van der Waals surface area contributed by atoms with Gasteiger partial charge in [-0.25, -0.2) is 5.43 Å². The molecule has 7 nitrogen and oxygen atoms in total. The summed E-state index contributed by atoms with van der Waals surface area (Å²) >= 11 is 0. The van der Waals surface area contributed by atoms with Gasteiger partial charge in [0.15, 0.2) is 23.0 Å². The first-order valence-electron chi connectivity index (χ1n) is 8.06. The largest absolute Gasteiger partial charge is 0.504 e. The van der Waals surface area contributed by atoms with Crippen LogP contribution in [-0.4, -0.2) is 38.1 Å². The van der Waals surface area contributed by atoms with E-state index in [4.69, 9.17) is 14.2 Å². The third kappa shape index (κ3) is 4.89. The number of para-hydroxylation sites is 1. The predicted molar refractivity (Wildman–Crippen MR) is 98.3 cm³/mol. The van der Waals surface area contributed by atoms with Crippen molar-refractivity contribution in [1.29, 1.82) is 0 Å². The summed E-state index contributed by atoms with van der Waals surface area (Å²) < 4.78 is 15.7. The van der Waals surface area contributed by atoms with Crippen molar-refractivity contribution in [1.82, 2.24) is 5.43 Å². The van der Waals surface area contributed by atoms with E-state index in [1.54, 1.807) is 43.5 Å². The molecular formula is C19H22N2O5. The van der Waals surface area contributed by atoms with Gasteiger partial charge in [0.1, 0.15) is 0 Å². The molecule has 2 N–H and O–H groups in total. The number of carbonyl (C=O) groups excluding carboxylic acids is 1. The van der Waals surface area contributed by atoms with Crippen molar-refractivity contribution in [3.8, 4) is 23.0 Å². The SMILES string of the molecule is CCOc1cccc(/C=N\NC(=O)Cc2ccc(OC)c(OC)c2)c1O. The number of nitrogens with one attached hydrogen (secondary N) is 1. The number of hydrogen-bond donors (Lipinski definition) is 2. The summed E-state index contributed by atoms with van der Waals surface area (Å²) in [4.78, 5) is 12.0. The van der Waals surface area contributed by atoms with Gasteiger partial charge in [-0.05, 0) is 36.8 Å². The lowest BCUT2D eigenvalue weighted by atomic mass is 10.1. The molecule has 26 heavy (non-hydrogen) atoms. The number of hydrogen-bond acceptors (Lipinski definition) is 6. The molecule has 0 radical (unpaired) electrons. The fourth-order valence-corrected chi connectivity index (χ4v) is 2.30. The highest BCUT2D eigenvalue weighted by Gasteiger charge is 2.09. The van der Waals surface area contributed by atoms with Crippen LogP contribution < -0.4 is 19.6 Å². The third-order valence-electron chi connectivity index (χ3n) is 3.54. The zero-order valence-electron chi connectivity index (χ0n) is 15.0. The third-order valence-corrected chi connectivity index (χ3v) is 3.54. The molecule has 0 atom stereocenters. The molecule has 0 spiro atoms. The Labute approximate surface area is 152 Å². The minimum atomic E-state index is -0.297. The molecule has 2 aromatic rings. The lowest BCUT2D eigenvalue weighted by Gasteiger charge is -2.09. The zero-order chi connectivity index (χ0) is 18.9. The van der Waals surface area contributed by atoms with E-state index in [9.17, 15) is 9.90 Å². The highest BCUT2D eigenvalue weighted by Crippen LogP contribution is 2.29. The van der Waals surface area contributed by atoms with E-state index < -0.39 is 0 Å². The van der Waals surface area contributed by atoms with E-state index in [-0.39, 0.29) is 18.1 Å². The van der Waals surface area contributed by atoms with Gasteiger partial charge in [-0.1, -0.05) is 12.1 Å². The first-order chi connectivity index (χ1) is 12.6. The number of phenolic OH excluding ortho intramolecular Hbond substituents is 1. The van der Waals surface area contributed by atoms with Gasteiger partial charge in [-0.15, -0.1) is 0 Å². The Hall–Kier alpha value is -3.22. The second-order valence-corrected chi connectivity index (χ2v) is 5.29. The van der Waals surface area contributed by atoms with Crippen molar-refractivity contribution in [3.63, 3.8) is 0 Å². The van der Waals surface area contributed by atoms with E-state index in [0.717, 1.165) is 5.56 Å². The second-order valence-electron chi connectivity index (χ2n) is 5.29. The van der Waals surface area contributed by atoms with Crippen molar-refractivity contribution in [2.75, 3.05) is 20.8 Å². The van der Waals surface area contributed by atoms with E-state index in [0.29, 0.717) is 29.4 Å². The van der Waals surface area contributed by atoms with E-state index in [1.807, 2.05) is 6.92 Å². The number of nitrogens with zero attached hydrogens (tertiary/aromatic N) is 1. The van der Waals surface area contributed by atoms with E-state index in [2.05, 4.69) is 10.5 Å². The van der Waals surface area contributed by atoms with Crippen LogP contribution in [0.25, 0.3) is 0 Å². The standard InChI is InChI=1S/C19H22N2O5/c1-4-26-16-7-5-6-14(19(16)23)12-20-21-18(22)11-13-8-9-15(24-2)17(10-13)25-3/h5-10,12,23H,4,11H2,1-3H3,(H,21,22)/b20-12-. The van der Waals surface area contributed by atoms with Crippen molar-refractivity contribution < 1.29 is 24.1 Å². The van der Waals surface area contributed by atoms with Crippen molar-refractivity contribution in [2.45, 2.75) is 13.3 Å². The molecule has 138 valence electrons. The Kier molecular flexibility index (Phi) is 6.84. The number of rotatable bonds is 8. The maximum Gasteiger partial charge on any atom is 0.244 e. The number of amides is 1. The summed E-state index contributed by atoms with van der Waals surface area (Å²) in [6.07, 6.45) is 1.49. The quantitative estimate of drug-likeness (QED) is 0.559. The molecule has 0 aliphatic rings. The normalized spacial score (nSPS) is 10.6. The first-order valence-corrected chi connectivity index (χ1v) is 8.06. The lowest BCUT2D eigenvalue weighted by Crippen LogP contribution is -2.19. The summed E-state index contributed by atoms with van der Waals surface area (Å²) in [5, 5.41) is 14.0. The summed E-state index contributed by atoms with van der Waals surface area (Å²) in [6, 6.07) is 10.3. The molecule has 0 aromatic heterocycles. The molecule has 2 rings (SSSR count). The Morgan fingerprint density at radius 3 is 2.62 bits per heavy atom. The van der Waals surface area contributed by atoms with Gasteiger partial charge in [0.2, 0.25) is 5.91 Å². The minimum Gasteiger partial charge on any atom is -0.504 e. The number of methoxy groups -OCH3 is 2. The molecule has 0 saturated carbocycles. The van der Waals surface area contributed by atoms with Gasteiger partial charge in [-0.3, -0.25) is 4.79 Å². The molecule has 0 saturated heterocycles. The molecule has 7 heteroatoms. The van der Waals surface area contributed by atoms with Crippen molar-refractivity contribution >= 4 is 12.1 Å². The minimum absolute atomic E-state index is 0.0211. The topological polar surface area (TPSA) is 89.4 Å². The lowest BCUT2D eigenvalue weighted by molar-refractivity contribution is -0.120. The highest BCUT2D eigenvalue weighted by atomic mass is 16.5. The van der Waals surface area contributed by atoms with Crippen LogP contribution in [0.2, 0.25) is 0 Å². The molecule has 1 amide bonds. The predicted octanol–water partition coefficient (Wildman–Crippen LogP) is 2.50.